The van der Waals surface area contributed by atoms with Gasteiger partial charge in [0.1, 0.15) is 18.1 Å². The third kappa shape index (κ3) is 3.31. The summed E-state index contributed by atoms with van der Waals surface area (Å²) in [5, 5.41) is 1.96. The van der Waals surface area contributed by atoms with Crippen LogP contribution in [0.3, 0.4) is 0 Å². The van der Waals surface area contributed by atoms with Crippen LogP contribution in [0.5, 0.6) is 5.75 Å². The van der Waals surface area contributed by atoms with Crippen LogP contribution in [0.2, 0.25) is 5.02 Å². The number of aromatic nitrogens is 2. The number of halogens is 2. The molecule has 0 aliphatic rings. The van der Waals surface area contributed by atoms with Crippen LogP contribution in [-0.4, -0.2) is 9.55 Å². The molecule has 2 heterocycles. The molecule has 0 saturated carbocycles. The van der Waals surface area contributed by atoms with E-state index in [2.05, 4.69) is 36.4 Å². The van der Waals surface area contributed by atoms with Gasteiger partial charge in [-0.2, -0.15) is 0 Å². The van der Waals surface area contributed by atoms with Gasteiger partial charge in [0.05, 0.1) is 5.52 Å². The molecule has 0 atom stereocenters. The zero-order chi connectivity index (χ0) is 15.7. The molecule has 122 valence electrons. The number of aryl methyl sites for hydroxylation is 2. The lowest BCUT2D eigenvalue weighted by atomic mass is 10.2. The van der Waals surface area contributed by atoms with Crippen LogP contribution in [0, 0.1) is 13.8 Å². The maximum absolute atomic E-state index is 5.90. The van der Waals surface area contributed by atoms with E-state index in [0.29, 0.717) is 11.6 Å². The molecule has 0 aliphatic heterocycles. The summed E-state index contributed by atoms with van der Waals surface area (Å²) in [5.41, 5.74) is 4.74. The second kappa shape index (κ2) is 7.24. The van der Waals surface area contributed by atoms with Crippen molar-refractivity contribution in [2.45, 2.75) is 33.9 Å². The normalized spacial score (nSPS) is 10.6. The summed E-state index contributed by atoms with van der Waals surface area (Å²) in [4.78, 5) is 4.53. The van der Waals surface area contributed by atoms with Crippen molar-refractivity contribution >= 4 is 34.9 Å². The fourth-order valence-corrected chi connectivity index (χ4v) is 2.98. The summed E-state index contributed by atoms with van der Waals surface area (Å²) in [5.74, 6) is 0.797. The molecule has 0 unspecified atom stereocenters. The Morgan fingerprint density at radius 3 is 2.48 bits per heavy atom. The number of hydrogen-bond donors (Lipinski definition) is 0. The summed E-state index contributed by atoms with van der Waals surface area (Å²) in [7, 11) is 0. The van der Waals surface area contributed by atoms with Crippen LogP contribution in [0.25, 0.3) is 10.9 Å². The van der Waals surface area contributed by atoms with Gasteiger partial charge in [-0.25, -0.2) is 0 Å². The lowest BCUT2D eigenvalue weighted by molar-refractivity contribution is 0.302. The lowest BCUT2D eigenvalue weighted by Crippen LogP contribution is -2.04. The van der Waals surface area contributed by atoms with Crippen molar-refractivity contribution in [3.63, 3.8) is 0 Å². The Morgan fingerprint density at radius 2 is 1.83 bits per heavy atom. The Labute approximate surface area is 147 Å². The second-order valence-electron chi connectivity index (χ2n) is 5.35. The van der Waals surface area contributed by atoms with Gasteiger partial charge in [-0.1, -0.05) is 11.6 Å². The number of fused-ring (bicyclic) bond motifs is 1. The van der Waals surface area contributed by atoms with E-state index in [4.69, 9.17) is 16.3 Å². The van der Waals surface area contributed by atoms with Gasteiger partial charge < -0.3 is 9.30 Å². The summed E-state index contributed by atoms with van der Waals surface area (Å²) >= 11 is 5.90. The van der Waals surface area contributed by atoms with E-state index < -0.39 is 0 Å². The minimum absolute atomic E-state index is 0. The van der Waals surface area contributed by atoms with Gasteiger partial charge in [-0.3, -0.25) is 4.98 Å². The smallest absolute Gasteiger partial charge is 0.132 e. The van der Waals surface area contributed by atoms with Gasteiger partial charge >= 0.3 is 0 Å². The Balaban J connectivity index is 0.00000192. The first kappa shape index (κ1) is 17.6. The van der Waals surface area contributed by atoms with E-state index >= 15 is 0 Å². The lowest BCUT2D eigenvalue weighted by Gasteiger charge is -2.10. The molecule has 0 N–H and O–H groups in total. The van der Waals surface area contributed by atoms with Crippen LogP contribution in [0.1, 0.15) is 23.9 Å². The Kier molecular flexibility index (Phi) is 5.55. The monoisotopic (exact) mass is 350 g/mol. The van der Waals surface area contributed by atoms with Crippen molar-refractivity contribution in [3.8, 4) is 5.75 Å². The molecule has 0 fully saturated rings. The molecule has 23 heavy (non-hydrogen) atoms. The molecule has 5 heteroatoms. The van der Waals surface area contributed by atoms with Crippen LogP contribution in [-0.2, 0) is 13.2 Å². The number of pyridine rings is 1. The second-order valence-corrected chi connectivity index (χ2v) is 5.79. The molecule has 0 radical (unpaired) electrons. The van der Waals surface area contributed by atoms with Gasteiger partial charge in [-0.15, -0.1) is 12.4 Å². The summed E-state index contributed by atoms with van der Waals surface area (Å²) in [6.45, 7) is 7.84. The van der Waals surface area contributed by atoms with E-state index in [0.717, 1.165) is 18.0 Å². The fraction of sp³-hybridized carbons (Fsp3) is 0.278. The quantitative estimate of drug-likeness (QED) is 0.635. The van der Waals surface area contributed by atoms with Crippen molar-refractivity contribution < 1.29 is 4.74 Å². The zero-order valence-corrected chi connectivity index (χ0v) is 15.0. The Hall–Kier alpha value is -1.71. The maximum Gasteiger partial charge on any atom is 0.132 e. The molecule has 0 bridgehead atoms. The average Bonchev–Trinajstić information content (AvgIpc) is 2.79. The summed E-state index contributed by atoms with van der Waals surface area (Å²) in [6.07, 6.45) is 1.86. The first-order chi connectivity index (χ1) is 10.6. The third-order valence-electron chi connectivity index (χ3n) is 4.13. The van der Waals surface area contributed by atoms with E-state index in [-0.39, 0.29) is 12.4 Å². The van der Waals surface area contributed by atoms with Gasteiger partial charge in [0, 0.05) is 28.8 Å². The van der Waals surface area contributed by atoms with Gasteiger partial charge in [0.2, 0.25) is 0 Å². The first-order valence-electron chi connectivity index (χ1n) is 7.43. The molecule has 3 rings (SSSR count). The highest BCUT2D eigenvalue weighted by Gasteiger charge is 2.14. The van der Waals surface area contributed by atoms with Crippen LogP contribution >= 0.6 is 24.0 Å². The predicted molar refractivity (Wildman–Crippen MR) is 97.9 cm³/mol. The molecule has 2 aromatic heterocycles. The van der Waals surface area contributed by atoms with E-state index in [1.54, 1.807) is 0 Å². The molecule has 0 spiro atoms. The molecule has 3 nitrogen and oxygen atoms in total. The van der Waals surface area contributed by atoms with Crippen LogP contribution in [0.4, 0.5) is 0 Å². The summed E-state index contributed by atoms with van der Waals surface area (Å²) < 4.78 is 8.17. The maximum atomic E-state index is 5.90. The molecule has 1 aromatic carbocycles. The van der Waals surface area contributed by atoms with E-state index in [1.165, 1.54) is 22.2 Å². The zero-order valence-electron chi connectivity index (χ0n) is 13.5. The molecule has 0 aliphatic carbocycles. The van der Waals surface area contributed by atoms with Gasteiger partial charge in [0.25, 0.3) is 0 Å². The number of ether oxygens (including phenoxy) is 1. The first-order valence-corrected chi connectivity index (χ1v) is 7.81. The van der Waals surface area contributed by atoms with Crippen molar-refractivity contribution in [2.24, 2.45) is 0 Å². The molecular weight excluding hydrogens is 331 g/mol. The highest BCUT2D eigenvalue weighted by molar-refractivity contribution is 6.30. The Morgan fingerprint density at radius 1 is 1.13 bits per heavy atom. The number of benzene rings is 1. The van der Waals surface area contributed by atoms with Gasteiger partial charge in [-0.05, 0) is 56.7 Å². The SMILES string of the molecule is CCn1c(C)c(C)c2ccnc(COc3ccc(Cl)cc3)c21.Cl. The highest BCUT2D eigenvalue weighted by atomic mass is 35.5. The minimum atomic E-state index is 0. The average molecular weight is 351 g/mol. The van der Waals surface area contributed by atoms with Crippen molar-refractivity contribution in [2.75, 3.05) is 0 Å². The molecule has 0 amide bonds. The fourth-order valence-electron chi connectivity index (χ4n) is 2.85. The Bertz CT molecular complexity index is 810. The minimum Gasteiger partial charge on any atom is -0.487 e. The number of hydrogen-bond acceptors (Lipinski definition) is 2. The largest absolute Gasteiger partial charge is 0.487 e. The van der Waals surface area contributed by atoms with E-state index in [1.807, 2.05) is 30.5 Å². The van der Waals surface area contributed by atoms with Crippen molar-refractivity contribution in [1.82, 2.24) is 9.55 Å². The predicted octanol–water partition coefficient (Wildman–Crippen LogP) is 5.33. The van der Waals surface area contributed by atoms with Gasteiger partial charge in [0.15, 0.2) is 0 Å². The third-order valence-corrected chi connectivity index (χ3v) is 4.38. The van der Waals surface area contributed by atoms with E-state index in [9.17, 15) is 0 Å². The topological polar surface area (TPSA) is 27.1 Å². The van der Waals surface area contributed by atoms with Crippen molar-refractivity contribution in [3.05, 3.63) is 58.5 Å². The highest BCUT2D eigenvalue weighted by Crippen LogP contribution is 2.27. The van der Waals surface area contributed by atoms with Crippen LogP contribution < -0.4 is 4.74 Å². The van der Waals surface area contributed by atoms with Crippen LogP contribution in [0.15, 0.2) is 36.5 Å². The number of nitrogens with zero attached hydrogens (tertiary/aromatic N) is 2. The number of rotatable bonds is 4. The van der Waals surface area contributed by atoms with Crippen molar-refractivity contribution in [1.29, 1.82) is 0 Å². The molecule has 0 saturated heterocycles. The summed E-state index contributed by atoms with van der Waals surface area (Å²) in [6, 6.07) is 9.48. The molecular formula is C18H20Cl2N2O. The standard InChI is InChI=1S/C18H19ClN2O.ClH/c1-4-21-13(3)12(2)16-9-10-20-17(18(16)21)11-22-15-7-5-14(19)6-8-15;/h5-10H,4,11H2,1-3H3;1H. The molecule has 3 aromatic rings.